The highest BCUT2D eigenvalue weighted by Gasteiger charge is 2.22. The normalized spacial score (nSPS) is 11.5. The molecule has 1 rings (SSSR count). The number of carboxylic acids is 1. The van der Waals surface area contributed by atoms with Crippen LogP contribution in [0.1, 0.15) is 35.8 Å². The number of nitrogens with zero attached hydrogens (tertiary/aromatic N) is 1. The Morgan fingerprint density at radius 1 is 1.38 bits per heavy atom. The zero-order chi connectivity index (χ0) is 15.8. The van der Waals surface area contributed by atoms with Crippen molar-refractivity contribution in [3.05, 3.63) is 29.6 Å². The molecule has 1 aromatic rings. The molecule has 0 saturated carbocycles. The van der Waals surface area contributed by atoms with Crippen LogP contribution in [0, 0.1) is 6.92 Å². The summed E-state index contributed by atoms with van der Waals surface area (Å²) in [5.41, 5.74) is 1.02. The van der Waals surface area contributed by atoms with Crippen molar-refractivity contribution in [3.63, 3.8) is 0 Å². The van der Waals surface area contributed by atoms with Gasteiger partial charge >= 0.3 is 11.9 Å². The van der Waals surface area contributed by atoms with Crippen molar-refractivity contribution in [2.45, 2.75) is 32.7 Å². The average Bonchev–Trinajstić information content (AvgIpc) is 2.43. The topological polar surface area (TPSA) is 106 Å². The SMILES string of the molecule is CCOC(=O)CC[C@H](NC(=O)c1ccc(C)nc1)C(=O)O. The Bertz CT molecular complexity index is 513. The maximum Gasteiger partial charge on any atom is 0.326 e. The van der Waals surface area contributed by atoms with Gasteiger partial charge in [-0.05, 0) is 32.4 Å². The van der Waals surface area contributed by atoms with Crippen LogP contribution in [0.5, 0.6) is 0 Å². The number of pyridine rings is 1. The Balaban J connectivity index is 2.61. The number of ether oxygens (including phenoxy) is 1. The van der Waals surface area contributed by atoms with Crippen LogP contribution in [0.15, 0.2) is 18.3 Å². The van der Waals surface area contributed by atoms with Gasteiger partial charge in [0, 0.05) is 18.3 Å². The van der Waals surface area contributed by atoms with Crippen molar-refractivity contribution in [2.75, 3.05) is 6.61 Å². The number of aryl methyl sites for hydroxylation is 1. The minimum absolute atomic E-state index is 0.0286. The van der Waals surface area contributed by atoms with Gasteiger partial charge < -0.3 is 15.2 Å². The van der Waals surface area contributed by atoms with Crippen LogP contribution in [0.3, 0.4) is 0 Å². The summed E-state index contributed by atoms with van der Waals surface area (Å²) in [7, 11) is 0. The Morgan fingerprint density at radius 2 is 2.10 bits per heavy atom. The number of aromatic nitrogens is 1. The molecule has 0 bridgehead atoms. The summed E-state index contributed by atoms with van der Waals surface area (Å²) in [5.74, 6) is -2.23. The van der Waals surface area contributed by atoms with E-state index in [4.69, 9.17) is 9.84 Å². The van der Waals surface area contributed by atoms with Gasteiger partial charge in [0.05, 0.1) is 12.2 Å². The molecule has 7 heteroatoms. The number of esters is 1. The van der Waals surface area contributed by atoms with Crippen LogP contribution in [-0.2, 0) is 14.3 Å². The molecule has 1 amide bonds. The lowest BCUT2D eigenvalue weighted by molar-refractivity contribution is -0.144. The van der Waals surface area contributed by atoms with Crippen LogP contribution in [0.4, 0.5) is 0 Å². The maximum atomic E-state index is 11.9. The molecular formula is C14H18N2O5. The molecule has 1 aromatic heterocycles. The first kappa shape index (κ1) is 16.6. The third kappa shape index (κ3) is 5.60. The van der Waals surface area contributed by atoms with Gasteiger partial charge in [0.1, 0.15) is 6.04 Å². The number of amides is 1. The third-order valence-corrected chi connectivity index (χ3v) is 2.72. The van der Waals surface area contributed by atoms with Gasteiger partial charge in [-0.3, -0.25) is 14.6 Å². The van der Waals surface area contributed by atoms with E-state index in [9.17, 15) is 14.4 Å². The van der Waals surface area contributed by atoms with Gasteiger partial charge in [-0.25, -0.2) is 4.79 Å². The molecule has 0 aliphatic heterocycles. The summed E-state index contributed by atoms with van der Waals surface area (Å²) in [4.78, 5) is 38.2. The highest BCUT2D eigenvalue weighted by Crippen LogP contribution is 2.04. The van der Waals surface area contributed by atoms with Crippen molar-refractivity contribution in [1.29, 1.82) is 0 Å². The zero-order valence-electron chi connectivity index (χ0n) is 12.0. The fraction of sp³-hybridized carbons (Fsp3) is 0.429. The number of carboxylic acid groups (broad SMARTS) is 1. The molecule has 0 aliphatic rings. The second-order valence-corrected chi connectivity index (χ2v) is 4.40. The smallest absolute Gasteiger partial charge is 0.326 e. The lowest BCUT2D eigenvalue weighted by Gasteiger charge is -2.14. The molecule has 1 heterocycles. The Morgan fingerprint density at radius 3 is 2.62 bits per heavy atom. The van der Waals surface area contributed by atoms with Crippen molar-refractivity contribution in [2.24, 2.45) is 0 Å². The van der Waals surface area contributed by atoms with Crippen LogP contribution >= 0.6 is 0 Å². The van der Waals surface area contributed by atoms with Crippen molar-refractivity contribution >= 4 is 17.8 Å². The van der Waals surface area contributed by atoms with Gasteiger partial charge in [-0.15, -0.1) is 0 Å². The molecule has 0 radical (unpaired) electrons. The van der Waals surface area contributed by atoms with E-state index in [-0.39, 0.29) is 25.0 Å². The van der Waals surface area contributed by atoms with Crippen LogP contribution in [0.25, 0.3) is 0 Å². The molecule has 0 saturated heterocycles. The van der Waals surface area contributed by atoms with Crippen LogP contribution in [0.2, 0.25) is 0 Å². The maximum absolute atomic E-state index is 11.9. The van der Waals surface area contributed by atoms with Gasteiger partial charge in [-0.2, -0.15) is 0 Å². The molecule has 7 nitrogen and oxygen atoms in total. The van der Waals surface area contributed by atoms with E-state index in [0.29, 0.717) is 0 Å². The molecule has 21 heavy (non-hydrogen) atoms. The number of carbonyl (C=O) groups excluding carboxylic acids is 2. The molecule has 0 fully saturated rings. The lowest BCUT2D eigenvalue weighted by Crippen LogP contribution is -2.41. The molecule has 1 atom stereocenters. The Labute approximate surface area is 122 Å². The molecule has 2 N–H and O–H groups in total. The Hall–Kier alpha value is -2.44. The van der Waals surface area contributed by atoms with Gasteiger partial charge in [0.15, 0.2) is 0 Å². The van der Waals surface area contributed by atoms with E-state index in [1.54, 1.807) is 26.0 Å². The summed E-state index contributed by atoms with van der Waals surface area (Å²) in [5, 5.41) is 11.4. The summed E-state index contributed by atoms with van der Waals surface area (Å²) < 4.78 is 4.72. The molecule has 0 spiro atoms. The van der Waals surface area contributed by atoms with Crippen LogP contribution in [-0.4, -0.2) is 40.6 Å². The monoisotopic (exact) mass is 294 g/mol. The number of hydrogen-bond acceptors (Lipinski definition) is 5. The first-order valence-electron chi connectivity index (χ1n) is 6.56. The molecule has 114 valence electrons. The van der Waals surface area contributed by atoms with E-state index in [2.05, 4.69) is 10.3 Å². The van der Waals surface area contributed by atoms with Crippen molar-refractivity contribution < 1.29 is 24.2 Å². The van der Waals surface area contributed by atoms with E-state index < -0.39 is 23.9 Å². The summed E-state index contributed by atoms with van der Waals surface area (Å²) in [6, 6.07) is 2.06. The predicted octanol–water partition coefficient (Wildman–Crippen LogP) is 0.916. The molecule has 0 aromatic carbocycles. The molecule has 0 unspecified atom stereocenters. The predicted molar refractivity (Wildman–Crippen MR) is 73.7 cm³/mol. The minimum Gasteiger partial charge on any atom is -0.480 e. The standard InChI is InChI=1S/C14H18N2O5/c1-3-21-12(17)7-6-11(14(19)20)16-13(18)10-5-4-9(2)15-8-10/h4-5,8,11H,3,6-7H2,1-2H3,(H,16,18)(H,19,20)/t11-/m0/s1. The average molecular weight is 294 g/mol. The quantitative estimate of drug-likeness (QED) is 0.724. The van der Waals surface area contributed by atoms with E-state index >= 15 is 0 Å². The van der Waals surface area contributed by atoms with Crippen molar-refractivity contribution in [3.8, 4) is 0 Å². The number of nitrogens with one attached hydrogen (secondary N) is 1. The summed E-state index contributed by atoms with van der Waals surface area (Å²) in [6.07, 6.45) is 1.27. The fourth-order valence-electron chi connectivity index (χ4n) is 1.60. The number of rotatable bonds is 7. The lowest BCUT2D eigenvalue weighted by atomic mass is 10.1. The number of carbonyl (C=O) groups is 3. The summed E-state index contributed by atoms with van der Waals surface area (Å²) in [6.45, 7) is 3.68. The van der Waals surface area contributed by atoms with Gasteiger partial charge in [0.25, 0.3) is 5.91 Å². The van der Waals surface area contributed by atoms with E-state index in [1.807, 2.05) is 0 Å². The van der Waals surface area contributed by atoms with Crippen LogP contribution < -0.4 is 5.32 Å². The second kappa shape index (κ2) is 7.98. The highest BCUT2D eigenvalue weighted by molar-refractivity contribution is 5.96. The zero-order valence-corrected chi connectivity index (χ0v) is 12.0. The first-order chi connectivity index (χ1) is 9.93. The number of hydrogen-bond donors (Lipinski definition) is 2. The first-order valence-corrected chi connectivity index (χ1v) is 6.56. The molecular weight excluding hydrogens is 276 g/mol. The highest BCUT2D eigenvalue weighted by atomic mass is 16.5. The van der Waals surface area contributed by atoms with Crippen molar-refractivity contribution in [1.82, 2.24) is 10.3 Å². The number of aliphatic carboxylic acids is 1. The Kier molecular flexibility index (Phi) is 6.32. The van der Waals surface area contributed by atoms with E-state index in [0.717, 1.165) is 5.69 Å². The van der Waals surface area contributed by atoms with Gasteiger partial charge in [-0.1, -0.05) is 0 Å². The molecule has 0 aliphatic carbocycles. The summed E-state index contributed by atoms with van der Waals surface area (Å²) >= 11 is 0. The fourth-order valence-corrected chi connectivity index (χ4v) is 1.60. The van der Waals surface area contributed by atoms with E-state index in [1.165, 1.54) is 6.20 Å². The third-order valence-electron chi connectivity index (χ3n) is 2.72. The largest absolute Gasteiger partial charge is 0.480 e. The minimum atomic E-state index is -1.20. The van der Waals surface area contributed by atoms with Gasteiger partial charge in [0.2, 0.25) is 0 Å². The second-order valence-electron chi connectivity index (χ2n) is 4.40.